The molecule has 0 unspecified atom stereocenters. The quantitative estimate of drug-likeness (QED) is 0.247. The molecule has 0 bridgehead atoms. The van der Waals surface area contributed by atoms with Crippen LogP contribution in [0.5, 0.6) is 0 Å². The molecule has 0 rings (SSSR count). The molecule has 62 valence electrons. The molecule has 0 amide bonds. The number of aldehydes is 1. The zero-order chi connectivity index (χ0) is 8.36. The fourth-order valence-corrected chi connectivity index (χ4v) is 0.747. The third-order valence-corrected chi connectivity index (χ3v) is 1.34. The molecule has 0 saturated heterocycles. The van der Waals surface area contributed by atoms with Crippen LogP contribution in [0.1, 0.15) is 32.6 Å². The summed E-state index contributed by atoms with van der Waals surface area (Å²) in [6, 6.07) is 0. The normalized spacial score (nSPS) is 11.4. The van der Waals surface area contributed by atoms with Gasteiger partial charge in [0.1, 0.15) is 6.29 Å². The van der Waals surface area contributed by atoms with Gasteiger partial charge in [0.25, 0.3) is 0 Å². The molecule has 0 fully saturated rings. The summed E-state index contributed by atoms with van der Waals surface area (Å²) >= 11 is 0. The minimum absolute atomic E-state index is 0.815. The standard InChI is InChI=1S/C10H16O/c1-2-3-4-5-6-7-8-9-10-11/h4-5,8-10H,2-3,6-7H2,1H3/b5-4?,9-8-. The first-order valence-electron chi connectivity index (χ1n) is 4.17. The molecule has 0 saturated carbocycles. The largest absolute Gasteiger partial charge is 0.299 e. The lowest BCUT2D eigenvalue weighted by Crippen LogP contribution is -1.66. The lowest BCUT2D eigenvalue weighted by Gasteiger charge is -1.85. The van der Waals surface area contributed by atoms with E-state index in [0.29, 0.717) is 0 Å². The number of carbonyl (C=O) groups is 1. The molecule has 1 heteroatoms. The van der Waals surface area contributed by atoms with Gasteiger partial charge in [0, 0.05) is 0 Å². The summed E-state index contributed by atoms with van der Waals surface area (Å²) in [6.07, 6.45) is 13.0. The smallest absolute Gasteiger partial charge is 0.142 e. The summed E-state index contributed by atoms with van der Waals surface area (Å²) in [5.74, 6) is 0. The van der Waals surface area contributed by atoms with Crippen LogP contribution in [0, 0.1) is 0 Å². The van der Waals surface area contributed by atoms with Crippen LogP contribution in [0.3, 0.4) is 0 Å². The van der Waals surface area contributed by atoms with Gasteiger partial charge in [-0.15, -0.1) is 0 Å². The molecular formula is C10H16O. The van der Waals surface area contributed by atoms with Gasteiger partial charge in [-0.1, -0.05) is 31.6 Å². The summed E-state index contributed by atoms with van der Waals surface area (Å²) in [4.78, 5) is 9.84. The van der Waals surface area contributed by atoms with E-state index in [9.17, 15) is 4.79 Å². The first-order valence-corrected chi connectivity index (χ1v) is 4.17. The van der Waals surface area contributed by atoms with Crippen molar-refractivity contribution in [3.8, 4) is 0 Å². The number of hydrogen-bond acceptors (Lipinski definition) is 1. The first-order chi connectivity index (χ1) is 5.41. The summed E-state index contributed by atoms with van der Waals surface area (Å²) in [5.41, 5.74) is 0. The Hall–Kier alpha value is -0.850. The third-order valence-electron chi connectivity index (χ3n) is 1.34. The van der Waals surface area contributed by atoms with Crippen LogP contribution in [0.4, 0.5) is 0 Å². The maximum absolute atomic E-state index is 9.84. The van der Waals surface area contributed by atoms with E-state index >= 15 is 0 Å². The van der Waals surface area contributed by atoms with Crippen LogP contribution in [0.15, 0.2) is 24.3 Å². The molecule has 0 aliphatic rings. The molecule has 0 heterocycles. The monoisotopic (exact) mass is 152 g/mol. The van der Waals surface area contributed by atoms with Crippen molar-refractivity contribution in [2.75, 3.05) is 0 Å². The molecule has 1 nitrogen and oxygen atoms in total. The van der Waals surface area contributed by atoms with Crippen molar-refractivity contribution >= 4 is 6.29 Å². The van der Waals surface area contributed by atoms with Gasteiger partial charge >= 0.3 is 0 Å². The second-order valence-corrected chi connectivity index (χ2v) is 2.40. The minimum atomic E-state index is 0.815. The highest BCUT2D eigenvalue weighted by molar-refractivity contribution is 5.64. The predicted molar refractivity (Wildman–Crippen MR) is 48.5 cm³/mol. The fraction of sp³-hybridized carbons (Fsp3) is 0.500. The van der Waals surface area contributed by atoms with Gasteiger partial charge < -0.3 is 0 Å². The summed E-state index contributed by atoms with van der Waals surface area (Å²) in [5, 5.41) is 0. The lowest BCUT2D eigenvalue weighted by atomic mass is 10.2. The Morgan fingerprint density at radius 3 is 2.27 bits per heavy atom. The fourth-order valence-electron chi connectivity index (χ4n) is 0.747. The zero-order valence-corrected chi connectivity index (χ0v) is 7.12. The Balaban J connectivity index is 3.12. The van der Waals surface area contributed by atoms with Gasteiger partial charge in [0.05, 0.1) is 0 Å². The highest BCUT2D eigenvalue weighted by atomic mass is 16.1. The summed E-state index contributed by atoms with van der Waals surface area (Å²) in [6.45, 7) is 2.16. The molecule has 0 aliphatic heterocycles. The molecule has 0 aromatic heterocycles. The minimum Gasteiger partial charge on any atom is -0.299 e. The van der Waals surface area contributed by atoms with E-state index in [0.717, 1.165) is 25.5 Å². The third kappa shape index (κ3) is 9.15. The van der Waals surface area contributed by atoms with Gasteiger partial charge in [-0.05, 0) is 25.3 Å². The molecule has 0 aromatic carbocycles. The van der Waals surface area contributed by atoms with E-state index in [4.69, 9.17) is 0 Å². The van der Waals surface area contributed by atoms with Crippen molar-refractivity contribution in [1.82, 2.24) is 0 Å². The number of hydrogen-bond donors (Lipinski definition) is 0. The van der Waals surface area contributed by atoms with Crippen molar-refractivity contribution < 1.29 is 4.79 Å². The second-order valence-electron chi connectivity index (χ2n) is 2.40. The molecule has 0 radical (unpaired) electrons. The Kier molecular flexibility index (Phi) is 8.44. The van der Waals surface area contributed by atoms with E-state index in [1.165, 1.54) is 6.42 Å². The second kappa shape index (κ2) is 9.15. The molecular weight excluding hydrogens is 136 g/mol. The van der Waals surface area contributed by atoms with E-state index in [1.54, 1.807) is 6.08 Å². The Labute approximate surface area is 68.8 Å². The first kappa shape index (κ1) is 10.2. The summed E-state index contributed by atoms with van der Waals surface area (Å²) in [7, 11) is 0. The van der Waals surface area contributed by atoms with Crippen molar-refractivity contribution in [2.45, 2.75) is 32.6 Å². The summed E-state index contributed by atoms with van der Waals surface area (Å²) < 4.78 is 0. The van der Waals surface area contributed by atoms with Crippen molar-refractivity contribution in [3.05, 3.63) is 24.3 Å². The number of carbonyl (C=O) groups excluding carboxylic acids is 1. The van der Waals surface area contributed by atoms with Crippen LogP contribution < -0.4 is 0 Å². The predicted octanol–water partition coefficient (Wildman–Crippen LogP) is 2.88. The van der Waals surface area contributed by atoms with Crippen molar-refractivity contribution in [1.29, 1.82) is 0 Å². The number of allylic oxidation sites excluding steroid dienone is 4. The van der Waals surface area contributed by atoms with Gasteiger partial charge in [-0.3, -0.25) is 4.79 Å². The molecule has 0 spiro atoms. The molecule has 0 N–H and O–H groups in total. The van der Waals surface area contributed by atoms with Crippen molar-refractivity contribution in [3.63, 3.8) is 0 Å². The highest BCUT2D eigenvalue weighted by Gasteiger charge is 1.75. The average Bonchev–Trinajstić information content (AvgIpc) is 2.03. The topological polar surface area (TPSA) is 17.1 Å². The highest BCUT2D eigenvalue weighted by Crippen LogP contribution is 1.95. The van der Waals surface area contributed by atoms with Crippen LogP contribution in [0.2, 0.25) is 0 Å². The van der Waals surface area contributed by atoms with Gasteiger partial charge in [-0.25, -0.2) is 0 Å². The average molecular weight is 152 g/mol. The van der Waals surface area contributed by atoms with Crippen LogP contribution in [-0.4, -0.2) is 6.29 Å². The Morgan fingerprint density at radius 2 is 1.64 bits per heavy atom. The van der Waals surface area contributed by atoms with Crippen LogP contribution >= 0.6 is 0 Å². The van der Waals surface area contributed by atoms with Gasteiger partial charge in [0.2, 0.25) is 0 Å². The van der Waals surface area contributed by atoms with E-state index in [2.05, 4.69) is 19.1 Å². The molecule has 11 heavy (non-hydrogen) atoms. The lowest BCUT2D eigenvalue weighted by molar-refractivity contribution is -0.104. The molecule has 0 aromatic rings. The van der Waals surface area contributed by atoms with Crippen LogP contribution in [-0.2, 0) is 4.79 Å². The van der Waals surface area contributed by atoms with E-state index < -0.39 is 0 Å². The zero-order valence-electron chi connectivity index (χ0n) is 7.12. The Bertz CT molecular complexity index is 134. The Morgan fingerprint density at radius 1 is 1.00 bits per heavy atom. The number of rotatable bonds is 6. The van der Waals surface area contributed by atoms with E-state index in [-0.39, 0.29) is 0 Å². The molecule has 0 aliphatic carbocycles. The van der Waals surface area contributed by atoms with Gasteiger partial charge in [-0.2, -0.15) is 0 Å². The van der Waals surface area contributed by atoms with Crippen molar-refractivity contribution in [2.24, 2.45) is 0 Å². The molecule has 0 atom stereocenters. The maximum atomic E-state index is 9.84. The van der Waals surface area contributed by atoms with Gasteiger partial charge in [0.15, 0.2) is 0 Å². The SMILES string of the molecule is CCCC=CCC/C=C\C=O. The number of unbranched alkanes of at least 4 members (excludes halogenated alkanes) is 2. The van der Waals surface area contributed by atoms with E-state index in [1.807, 2.05) is 6.08 Å². The maximum Gasteiger partial charge on any atom is 0.142 e. The van der Waals surface area contributed by atoms with Crippen LogP contribution in [0.25, 0.3) is 0 Å².